The monoisotopic (exact) mass is 507 g/mol. The molecule has 0 spiro atoms. The fourth-order valence-corrected chi connectivity index (χ4v) is 3.87. The van der Waals surface area contributed by atoms with Crippen LogP contribution in [0.25, 0.3) is 0 Å². The van der Waals surface area contributed by atoms with E-state index < -0.39 is 36.3 Å². The number of aliphatic hydroxyl groups excluding tert-OH is 1. The van der Waals surface area contributed by atoms with Gasteiger partial charge in [0, 0.05) is 12.6 Å². The molecule has 4 N–H and O–H groups in total. The van der Waals surface area contributed by atoms with Crippen molar-refractivity contribution in [2.24, 2.45) is 0 Å². The van der Waals surface area contributed by atoms with Crippen LogP contribution in [0, 0.1) is 0 Å². The number of alkyl carbamates (subject to hydrolysis) is 1. The molecule has 1 rings (SSSR count). The Morgan fingerprint density at radius 2 is 1.64 bits per heavy atom. The molecular weight excluding hydrogens is 462 g/mol. The standard InChI is InChI=1S/C27H45N3O6/c1-7-9-10-11-17-30(25(34)22(18-31)29-26(35)36-27(4,5)6)23(20-13-15-21(32)16-14-20)24(33)28-19(3)12-8-2/h13-16,19,22-23,31-32H,7-12,17-18H2,1-6H3,(H,28,33)(H,29,35). The number of phenols is 1. The van der Waals surface area contributed by atoms with Crippen LogP contribution in [0.5, 0.6) is 5.75 Å². The molecule has 36 heavy (non-hydrogen) atoms. The van der Waals surface area contributed by atoms with Gasteiger partial charge in [-0.3, -0.25) is 9.59 Å². The second kappa shape index (κ2) is 15.3. The highest BCUT2D eigenvalue weighted by Gasteiger charge is 2.36. The van der Waals surface area contributed by atoms with Crippen LogP contribution in [0.15, 0.2) is 24.3 Å². The Bertz CT molecular complexity index is 822. The molecule has 0 radical (unpaired) electrons. The van der Waals surface area contributed by atoms with Crippen LogP contribution in [-0.2, 0) is 14.3 Å². The van der Waals surface area contributed by atoms with Crippen molar-refractivity contribution in [3.05, 3.63) is 29.8 Å². The number of hydrogen-bond acceptors (Lipinski definition) is 6. The SMILES string of the molecule is CCCCCCN(C(=O)C(CO)NC(=O)OC(C)(C)C)C(C(=O)NC(C)CCC)c1ccc(O)cc1. The summed E-state index contributed by atoms with van der Waals surface area (Å²) >= 11 is 0. The number of ether oxygens (including phenoxy) is 1. The van der Waals surface area contributed by atoms with Gasteiger partial charge in [-0.25, -0.2) is 4.79 Å². The molecule has 0 fully saturated rings. The highest BCUT2D eigenvalue weighted by molar-refractivity contribution is 5.92. The third-order valence-corrected chi connectivity index (χ3v) is 5.59. The largest absolute Gasteiger partial charge is 0.508 e. The number of hydrogen-bond donors (Lipinski definition) is 4. The predicted molar refractivity (Wildman–Crippen MR) is 139 cm³/mol. The summed E-state index contributed by atoms with van der Waals surface area (Å²) in [5.41, 5.74) is -0.261. The van der Waals surface area contributed by atoms with Crippen molar-refractivity contribution in [3.8, 4) is 5.75 Å². The second-order valence-corrected chi connectivity index (χ2v) is 10.2. The molecule has 9 heteroatoms. The molecule has 1 aromatic rings. The van der Waals surface area contributed by atoms with Gasteiger partial charge < -0.3 is 30.5 Å². The summed E-state index contributed by atoms with van der Waals surface area (Å²) in [4.78, 5) is 41.0. The molecule has 1 aromatic carbocycles. The first kappa shape index (κ1) is 31.2. The van der Waals surface area contributed by atoms with Crippen molar-refractivity contribution in [2.45, 2.75) is 104 Å². The summed E-state index contributed by atoms with van der Waals surface area (Å²) in [5, 5.41) is 25.2. The fraction of sp³-hybridized carbons (Fsp3) is 0.667. The van der Waals surface area contributed by atoms with E-state index in [9.17, 15) is 24.6 Å². The first-order valence-electron chi connectivity index (χ1n) is 12.9. The summed E-state index contributed by atoms with van der Waals surface area (Å²) in [6.45, 7) is 10.7. The van der Waals surface area contributed by atoms with Crippen molar-refractivity contribution in [1.82, 2.24) is 15.5 Å². The van der Waals surface area contributed by atoms with Crippen LogP contribution in [0.3, 0.4) is 0 Å². The third-order valence-electron chi connectivity index (χ3n) is 5.59. The van der Waals surface area contributed by atoms with E-state index in [2.05, 4.69) is 17.6 Å². The lowest BCUT2D eigenvalue weighted by Gasteiger charge is -2.34. The average Bonchev–Trinajstić information content (AvgIpc) is 2.79. The van der Waals surface area contributed by atoms with E-state index in [-0.39, 0.29) is 24.2 Å². The molecule has 0 aliphatic carbocycles. The summed E-state index contributed by atoms with van der Waals surface area (Å²) < 4.78 is 5.26. The van der Waals surface area contributed by atoms with Crippen molar-refractivity contribution < 1.29 is 29.3 Å². The minimum Gasteiger partial charge on any atom is -0.508 e. The van der Waals surface area contributed by atoms with E-state index in [1.165, 1.54) is 17.0 Å². The van der Waals surface area contributed by atoms with Gasteiger partial charge in [0.2, 0.25) is 11.8 Å². The minimum atomic E-state index is -1.29. The van der Waals surface area contributed by atoms with Gasteiger partial charge in [-0.05, 0) is 58.2 Å². The van der Waals surface area contributed by atoms with Gasteiger partial charge in [-0.15, -0.1) is 0 Å². The molecule has 0 saturated carbocycles. The maximum atomic E-state index is 13.7. The van der Waals surface area contributed by atoms with Crippen LogP contribution in [0.1, 0.15) is 91.7 Å². The number of aliphatic hydroxyl groups is 1. The maximum absolute atomic E-state index is 13.7. The van der Waals surface area contributed by atoms with Gasteiger partial charge in [-0.2, -0.15) is 0 Å². The zero-order valence-corrected chi connectivity index (χ0v) is 22.7. The highest BCUT2D eigenvalue weighted by atomic mass is 16.6. The van der Waals surface area contributed by atoms with Gasteiger partial charge in [-0.1, -0.05) is 51.7 Å². The number of rotatable bonds is 14. The lowest BCUT2D eigenvalue weighted by molar-refractivity contribution is -0.143. The Morgan fingerprint density at radius 3 is 2.17 bits per heavy atom. The number of benzene rings is 1. The number of phenolic OH excluding ortho intramolecular Hbond substituents is 1. The van der Waals surface area contributed by atoms with Crippen LogP contribution >= 0.6 is 0 Å². The molecule has 3 atom stereocenters. The van der Waals surface area contributed by atoms with E-state index in [4.69, 9.17) is 4.74 Å². The number of nitrogens with one attached hydrogen (secondary N) is 2. The Balaban J connectivity index is 3.36. The van der Waals surface area contributed by atoms with E-state index >= 15 is 0 Å². The summed E-state index contributed by atoms with van der Waals surface area (Å²) in [6.07, 6.45) is 4.32. The Morgan fingerprint density at radius 1 is 1.00 bits per heavy atom. The van der Waals surface area contributed by atoms with Gasteiger partial charge in [0.15, 0.2) is 0 Å². The zero-order valence-electron chi connectivity index (χ0n) is 22.7. The molecule has 0 aliphatic rings. The quantitative estimate of drug-likeness (QED) is 0.282. The van der Waals surface area contributed by atoms with E-state index in [1.807, 2.05) is 13.8 Å². The third kappa shape index (κ3) is 10.8. The van der Waals surface area contributed by atoms with Gasteiger partial charge in [0.1, 0.15) is 23.4 Å². The fourth-order valence-electron chi connectivity index (χ4n) is 3.87. The van der Waals surface area contributed by atoms with E-state index in [0.29, 0.717) is 12.0 Å². The van der Waals surface area contributed by atoms with Crippen molar-refractivity contribution in [2.75, 3.05) is 13.2 Å². The Labute approximate surface area is 215 Å². The van der Waals surface area contributed by atoms with E-state index in [0.717, 1.165) is 32.1 Å². The summed E-state index contributed by atoms with van der Waals surface area (Å²) in [5.74, 6) is -0.909. The number of unbranched alkanes of at least 4 members (excludes halogenated alkanes) is 3. The number of carbonyl (C=O) groups excluding carboxylic acids is 3. The molecule has 0 aliphatic heterocycles. The first-order chi connectivity index (χ1) is 16.9. The van der Waals surface area contributed by atoms with Gasteiger partial charge in [0.25, 0.3) is 0 Å². The van der Waals surface area contributed by atoms with Crippen molar-refractivity contribution in [1.29, 1.82) is 0 Å². The van der Waals surface area contributed by atoms with Crippen LogP contribution < -0.4 is 10.6 Å². The molecule has 0 bridgehead atoms. The van der Waals surface area contributed by atoms with Crippen molar-refractivity contribution in [3.63, 3.8) is 0 Å². The van der Waals surface area contributed by atoms with Crippen LogP contribution in [-0.4, -0.2) is 63.9 Å². The molecule has 3 unspecified atom stereocenters. The van der Waals surface area contributed by atoms with E-state index in [1.54, 1.807) is 32.9 Å². The maximum Gasteiger partial charge on any atom is 0.408 e. The molecule has 3 amide bonds. The van der Waals surface area contributed by atoms with Crippen molar-refractivity contribution >= 4 is 17.9 Å². The second-order valence-electron chi connectivity index (χ2n) is 10.2. The lowest BCUT2D eigenvalue weighted by atomic mass is 10.0. The molecule has 0 saturated heterocycles. The number of nitrogens with zero attached hydrogens (tertiary/aromatic N) is 1. The summed E-state index contributed by atoms with van der Waals surface area (Å²) in [6, 6.07) is 3.74. The zero-order chi connectivity index (χ0) is 27.3. The highest BCUT2D eigenvalue weighted by Crippen LogP contribution is 2.25. The topological polar surface area (TPSA) is 128 Å². The molecule has 9 nitrogen and oxygen atoms in total. The first-order valence-corrected chi connectivity index (χ1v) is 12.9. The van der Waals surface area contributed by atoms with Gasteiger partial charge in [0.05, 0.1) is 6.61 Å². The number of amides is 3. The lowest BCUT2D eigenvalue weighted by Crippen LogP contribution is -2.55. The molecule has 0 heterocycles. The van der Waals surface area contributed by atoms with Crippen LogP contribution in [0.2, 0.25) is 0 Å². The number of aromatic hydroxyl groups is 1. The molecule has 204 valence electrons. The summed E-state index contributed by atoms with van der Waals surface area (Å²) in [7, 11) is 0. The Kier molecular flexibility index (Phi) is 13.3. The van der Waals surface area contributed by atoms with Gasteiger partial charge >= 0.3 is 6.09 Å². The smallest absolute Gasteiger partial charge is 0.408 e. The molecule has 0 aromatic heterocycles. The predicted octanol–water partition coefficient (Wildman–Crippen LogP) is 4.03. The van der Waals surface area contributed by atoms with Crippen LogP contribution in [0.4, 0.5) is 4.79 Å². The molecular formula is C27H45N3O6. The normalized spacial score (nSPS) is 13.9. The minimum absolute atomic E-state index is 0.0397. The Hall–Kier alpha value is -2.81. The number of carbonyl (C=O) groups is 3. The average molecular weight is 508 g/mol.